The first-order valence-corrected chi connectivity index (χ1v) is 11.2. The molecule has 29 heavy (non-hydrogen) atoms. The van der Waals surface area contributed by atoms with Gasteiger partial charge in [0.25, 0.3) is 0 Å². The van der Waals surface area contributed by atoms with Crippen LogP contribution in [-0.4, -0.2) is 88.4 Å². The van der Waals surface area contributed by atoms with Crippen molar-refractivity contribution in [3.8, 4) is 0 Å². The fourth-order valence-electron chi connectivity index (χ4n) is 4.26. The normalized spacial score (nSPS) is 20.9. The summed E-state index contributed by atoms with van der Waals surface area (Å²) in [6, 6.07) is 6.64. The van der Waals surface area contributed by atoms with E-state index >= 15 is 0 Å². The first-order chi connectivity index (χ1) is 14.1. The molecule has 2 saturated heterocycles. The zero-order chi connectivity index (χ0) is 20.6. The fourth-order valence-corrected chi connectivity index (χ4v) is 4.26. The van der Waals surface area contributed by atoms with E-state index in [-0.39, 0.29) is 0 Å². The van der Waals surface area contributed by atoms with E-state index < -0.39 is 0 Å². The molecular weight excluding hydrogens is 362 g/mol. The summed E-state index contributed by atoms with van der Waals surface area (Å²) < 4.78 is 5.52. The Hall–Kier alpha value is -1.79. The summed E-state index contributed by atoms with van der Waals surface area (Å²) in [4.78, 5) is 12.2. The van der Waals surface area contributed by atoms with E-state index in [1.807, 2.05) is 0 Å². The molecule has 3 rings (SSSR count). The molecule has 0 saturated carbocycles. The minimum atomic E-state index is 0.627. The molecule has 1 atom stereocenters. The molecule has 0 bridgehead atoms. The van der Waals surface area contributed by atoms with Crippen LogP contribution in [0.3, 0.4) is 0 Å². The molecular formula is C23H39N5O. The molecule has 1 unspecified atom stereocenters. The van der Waals surface area contributed by atoms with E-state index in [1.54, 1.807) is 0 Å². The van der Waals surface area contributed by atoms with Gasteiger partial charge in [0.2, 0.25) is 0 Å². The number of rotatable bonds is 7. The van der Waals surface area contributed by atoms with Crippen LogP contribution >= 0.6 is 0 Å². The van der Waals surface area contributed by atoms with Crippen LogP contribution in [0, 0.1) is 19.8 Å². The van der Waals surface area contributed by atoms with Gasteiger partial charge >= 0.3 is 0 Å². The molecule has 0 aliphatic carbocycles. The topological polar surface area (TPSA) is 43.3 Å². The average Bonchev–Trinajstić information content (AvgIpc) is 3.23. The van der Waals surface area contributed by atoms with E-state index in [4.69, 9.17) is 9.73 Å². The first-order valence-electron chi connectivity index (χ1n) is 11.2. The third kappa shape index (κ3) is 6.09. The lowest BCUT2D eigenvalue weighted by molar-refractivity contribution is 0.181. The SMILES string of the molecule is CCNC(=NCCN1CCN(c2cccc(C)c2C)CC1)N(C)CC1CCOC1. The van der Waals surface area contributed by atoms with Gasteiger partial charge in [0.15, 0.2) is 5.96 Å². The van der Waals surface area contributed by atoms with Crippen LogP contribution in [0.4, 0.5) is 5.69 Å². The Labute approximate surface area is 176 Å². The molecule has 2 heterocycles. The number of anilines is 1. The molecule has 2 fully saturated rings. The molecule has 6 nitrogen and oxygen atoms in total. The van der Waals surface area contributed by atoms with Gasteiger partial charge < -0.3 is 19.9 Å². The summed E-state index contributed by atoms with van der Waals surface area (Å²) in [5, 5.41) is 3.44. The fraction of sp³-hybridized carbons (Fsp3) is 0.696. The summed E-state index contributed by atoms with van der Waals surface area (Å²) in [6.07, 6.45) is 1.16. The lowest BCUT2D eigenvalue weighted by Crippen LogP contribution is -2.47. The number of ether oxygens (including phenoxy) is 1. The van der Waals surface area contributed by atoms with Crippen LogP contribution in [0.1, 0.15) is 24.5 Å². The second-order valence-corrected chi connectivity index (χ2v) is 8.39. The predicted octanol–water partition coefficient (Wildman–Crippen LogP) is 2.36. The standard InChI is InChI=1S/C23H39N5O/c1-5-24-23(26(4)17-21-9-16-29-18-21)25-10-11-27-12-14-28(15-13-27)22-8-6-7-19(2)20(22)3/h6-8,21H,5,9-18H2,1-4H3,(H,24,25). The Bertz CT molecular complexity index is 663. The highest BCUT2D eigenvalue weighted by atomic mass is 16.5. The van der Waals surface area contributed by atoms with Gasteiger partial charge in [-0.15, -0.1) is 0 Å². The van der Waals surface area contributed by atoms with E-state index in [0.29, 0.717) is 5.92 Å². The molecule has 0 amide bonds. The van der Waals surface area contributed by atoms with Gasteiger partial charge in [0, 0.05) is 71.1 Å². The van der Waals surface area contributed by atoms with Crippen LogP contribution in [0.2, 0.25) is 0 Å². The average molecular weight is 402 g/mol. The number of nitrogens with zero attached hydrogens (tertiary/aromatic N) is 4. The van der Waals surface area contributed by atoms with Crippen molar-refractivity contribution in [1.29, 1.82) is 0 Å². The maximum absolute atomic E-state index is 5.52. The van der Waals surface area contributed by atoms with Gasteiger partial charge in [-0.25, -0.2) is 0 Å². The summed E-state index contributed by atoms with van der Waals surface area (Å²) in [5.41, 5.74) is 4.19. The van der Waals surface area contributed by atoms with Crippen LogP contribution in [0.15, 0.2) is 23.2 Å². The maximum Gasteiger partial charge on any atom is 0.193 e. The van der Waals surface area contributed by atoms with Crippen LogP contribution in [-0.2, 0) is 4.74 Å². The monoisotopic (exact) mass is 401 g/mol. The number of aryl methyl sites for hydroxylation is 1. The third-order valence-electron chi connectivity index (χ3n) is 6.22. The van der Waals surface area contributed by atoms with E-state index in [9.17, 15) is 0 Å². The highest BCUT2D eigenvalue weighted by molar-refractivity contribution is 5.79. The van der Waals surface area contributed by atoms with Crippen molar-refractivity contribution in [2.75, 3.05) is 77.5 Å². The zero-order valence-corrected chi connectivity index (χ0v) is 18.8. The van der Waals surface area contributed by atoms with Crippen molar-refractivity contribution in [2.45, 2.75) is 27.2 Å². The van der Waals surface area contributed by atoms with Crippen molar-refractivity contribution in [3.63, 3.8) is 0 Å². The molecule has 1 aromatic rings. The van der Waals surface area contributed by atoms with Gasteiger partial charge in [-0.3, -0.25) is 9.89 Å². The molecule has 0 aromatic heterocycles. The van der Waals surface area contributed by atoms with Crippen molar-refractivity contribution in [2.24, 2.45) is 10.9 Å². The Balaban J connectivity index is 1.46. The van der Waals surface area contributed by atoms with Gasteiger partial charge in [-0.1, -0.05) is 12.1 Å². The molecule has 1 aromatic carbocycles. The minimum Gasteiger partial charge on any atom is -0.381 e. The van der Waals surface area contributed by atoms with Crippen molar-refractivity contribution in [1.82, 2.24) is 15.1 Å². The van der Waals surface area contributed by atoms with Crippen molar-refractivity contribution < 1.29 is 4.74 Å². The first kappa shape index (κ1) is 21.9. The predicted molar refractivity (Wildman–Crippen MR) is 122 cm³/mol. The molecule has 0 radical (unpaired) electrons. The number of guanidine groups is 1. The smallest absolute Gasteiger partial charge is 0.193 e. The number of aliphatic imine (C=N–C) groups is 1. The number of hydrogen-bond acceptors (Lipinski definition) is 4. The van der Waals surface area contributed by atoms with Gasteiger partial charge in [-0.05, 0) is 44.4 Å². The van der Waals surface area contributed by atoms with Crippen molar-refractivity contribution in [3.05, 3.63) is 29.3 Å². The summed E-state index contributed by atoms with van der Waals surface area (Å²) >= 11 is 0. The Kier molecular flexibility index (Phi) is 8.19. The zero-order valence-electron chi connectivity index (χ0n) is 18.8. The highest BCUT2D eigenvalue weighted by Crippen LogP contribution is 2.23. The van der Waals surface area contributed by atoms with Gasteiger partial charge in [-0.2, -0.15) is 0 Å². The molecule has 162 valence electrons. The lowest BCUT2D eigenvalue weighted by Gasteiger charge is -2.37. The van der Waals surface area contributed by atoms with E-state index in [1.165, 1.54) is 16.8 Å². The second-order valence-electron chi connectivity index (χ2n) is 8.39. The number of hydrogen-bond donors (Lipinski definition) is 1. The maximum atomic E-state index is 5.52. The molecule has 2 aliphatic heterocycles. The Morgan fingerprint density at radius 1 is 1.24 bits per heavy atom. The van der Waals surface area contributed by atoms with Crippen LogP contribution in [0.25, 0.3) is 0 Å². The highest BCUT2D eigenvalue weighted by Gasteiger charge is 2.20. The van der Waals surface area contributed by atoms with Crippen molar-refractivity contribution >= 4 is 11.6 Å². The molecule has 2 aliphatic rings. The molecule has 0 spiro atoms. The number of benzene rings is 1. The number of nitrogens with one attached hydrogen (secondary N) is 1. The molecule has 6 heteroatoms. The largest absolute Gasteiger partial charge is 0.381 e. The summed E-state index contributed by atoms with van der Waals surface area (Å²) in [5.74, 6) is 1.65. The van der Waals surface area contributed by atoms with Crippen LogP contribution in [0.5, 0.6) is 0 Å². The lowest BCUT2D eigenvalue weighted by atomic mass is 10.1. The Morgan fingerprint density at radius 2 is 2.03 bits per heavy atom. The van der Waals surface area contributed by atoms with Crippen LogP contribution < -0.4 is 10.2 Å². The Morgan fingerprint density at radius 3 is 2.72 bits per heavy atom. The van der Waals surface area contributed by atoms with Gasteiger partial charge in [0.1, 0.15) is 0 Å². The second kappa shape index (κ2) is 10.8. The number of piperazine rings is 1. The minimum absolute atomic E-state index is 0.627. The quantitative estimate of drug-likeness (QED) is 0.561. The summed E-state index contributed by atoms with van der Waals surface area (Å²) in [6.45, 7) is 16.5. The van der Waals surface area contributed by atoms with E-state index in [0.717, 1.165) is 78.0 Å². The van der Waals surface area contributed by atoms with Gasteiger partial charge in [0.05, 0.1) is 13.2 Å². The third-order valence-corrected chi connectivity index (χ3v) is 6.22. The molecule has 1 N–H and O–H groups in total. The summed E-state index contributed by atoms with van der Waals surface area (Å²) in [7, 11) is 2.14. The van der Waals surface area contributed by atoms with E-state index in [2.05, 4.69) is 66.0 Å².